The number of nitrogens with two attached hydrogens (primary N) is 3. The zero-order valence-electron chi connectivity index (χ0n) is 29.9. The lowest BCUT2D eigenvalue weighted by Crippen LogP contribution is -2.29. The lowest BCUT2D eigenvalue weighted by atomic mass is 10.1. The molecule has 17 nitrogen and oxygen atoms in total. The predicted molar refractivity (Wildman–Crippen MR) is 211 cm³/mol. The summed E-state index contributed by atoms with van der Waals surface area (Å²) in [7, 11) is 0. The van der Waals surface area contributed by atoms with Crippen molar-refractivity contribution < 1.29 is 0 Å². The van der Waals surface area contributed by atoms with E-state index in [1.54, 1.807) is 18.3 Å². The minimum Gasteiger partial charge on any atom is -0.383 e. The van der Waals surface area contributed by atoms with Crippen molar-refractivity contribution in [2.45, 2.75) is 101 Å². The maximum Gasteiger partial charge on any atom is 0.349 e. The molecule has 0 saturated heterocycles. The van der Waals surface area contributed by atoms with Crippen molar-refractivity contribution in [3.63, 3.8) is 0 Å². The van der Waals surface area contributed by atoms with Crippen LogP contribution in [0, 0.1) is 0 Å². The van der Waals surface area contributed by atoms with E-state index in [2.05, 4.69) is 55.2 Å². The largest absolute Gasteiger partial charge is 0.383 e. The average molecular weight is 722 g/mol. The van der Waals surface area contributed by atoms with Gasteiger partial charge in [-0.25, -0.2) is 19.6 Å². The van der Waals surface area contributed by atoms with Gasteiger partial charge in [-0.1, -0.05) is 14.9 Å². The van der Waals surface area contributed by atoms with Crippen LogP contribution in [0.4, 0.5) is 17.6 Å². The van der Waals surface area contributed by atoms with Gasteiger partial charge < -0.3 is 26.3 Å². The van der Waals surface area contributed by atoms with Gasteiger partial charge in [0.25, 0.3) is 11.1 Å². The molecule has 8 N–H and O–H groups in total. The monoisotopic (exact) mass is 721 g/mol. The van der Waals surface area contributed by atoms with E-state index in [1.165, 1.54) is 27.7 Å². The number of H-pyrrole nitrogens is 2. The van der Waals surface area contributed by atoms with Crippen molar-refractivity contribution in [1.29, 1.82) is 0 Å². The molecule has 0 aliphatic heterocycles. The summed E-state index contributed by atoms with van der Waals surface area (Å²) in [5.74, 6) is 0.966. The van der Waals surface area contributed by atoms with Crippen LogP contribution in [-0.2, 0) is 5.54 Å². The van der Waals surface area contributed by atoms with Crippen molar-refractivity contribution in [3.8, 4) is 0 Å². The second kappa shape index (κ2) is 18.3. The summed E-state index contributed by atoms with van der Waals surface area (Å²) in [6.07, 6.45) is 8.48. The molecular formula is C35H55N13O4. The number of aromatic amines is 2. The summed E-state index contributed by atoms with van der Waals surface area (Å²) in [6.45, 7) is 18.0. The molecule has 0 radical (unpaired) electrons. The third kappa shape index (κ3) is 11.0. The van der Waals surface area contributed by atoms with Crippen molar-refractivity contribution in [2.75, 3.05) is 17.2 Å². The number of aromatic nitrogens is 10. The van der Waals surface area contributed by atoms with Crippen molar-refractivity contribution in [2.24, 2.45) is 0 Å². The molecule has 0 unspecified atom stereocenters. The maximum atomic E-state index is 11.4. The molecule has 0 amide bonds. The van der Waals surface area contributed by atoms with Gasteiger partial charge in [-0.3, -0.25) is 28.7 Å². The average Bonchev–Trinajstić information content (AvgIpc) is 3.64. The van der Waals surface area contributed by atoms with Crippen LogP contribution in [0.2, 0.25) is 0 Å². The molecule has 0 aliphatic carbocycles. The second-order valence-electron chi connectivity index (χ2n) is 13.1. The summed E-state index contributed by atoms with van der Waals surface area (Å²) in [4.78, 5) is 64.6. The molecule has 6 aromatic heterocycles. The van der Waals surface area contributed by atoms with Crippen LogP contribution in [0.1, 0.15) is 95.3 Å². The van der Waals surface area contributed by atoms with Gasteiger partial charge in [-0.2, -0.15) is 9.97 Å². The lowest BCUT2D eigenvalue weighted by Gasteiger charge is -2.21. The summed E-state index contributed by atoms with van der Waals surface area (Å²) in [5.41, 5.74) is 16.9. The van der Waals surface area contributed by atoms with E-state index in [-0.39, 0.29) is 72.8 Å². The normalized spacial score (nSPS) is 10.8. The van der Waals surface area contributed by atoms with Gasteiger partial charge in [0.2, 0.25) is 5.95 Å². The molecular weight excluding hydrogens is 666 g/mol. The Hall–Kier alpha value is -6.00. The highest BCUT2D eigenvalue weighted by Gasteiger charge is 2.16. The Balaban J connectivity index is 0.000000345. The fourth-order valence-corrected chi connectivity index (χ4v) is 4.64. The second-order valence-corrected chi connectivity index (χ2v) is 13.1. The zero-order valence-corrected chi connectivity index (χ0v) is 29.9. The Kier molecular flexibility index (Phi) is 15.5. The fourth-order valence-electron chi connectivity index (χ4n) is 4.64. The first-order valence-electron chi connectivity index (χ1n) is 15.9. The molecule has 6 aromatic rings. The Bertz CT molecular complexity index is 2280. The molecule has 0 fully saturated rings. The van der Waals surface area contributed by atoms with Crippen LogP contribution in [0.15, 0.2) is 74.6 Å². The van der Waals surface area contributed by atoms with Crippen molar-refractivity contribution in [1.82, 2.24) is 48.2 Å². The highest BCUT2D eigenvalue weighted by molar-refractivity contribution is 5.86. The van der Waals surface area contributed by atoms with Crippen LogP contribution in [0.3, 0.4) is 0 Å². The Labute approximate surface area is 302 Å². The predicted octanol–water partition coefficient (Wildman–Crippen LogP) is 4.45. The minimum absolute atomic E-state index is 0. The fraction of sp³-hybridized carbons (Fsp3) is 0.429. The van der Waals surface area contributed by atoms with E-state index in [9.17, 15) is 19.2 Å². The van der Waals surface area contributed by atoms with E-state index in [0.29, 0.717) is 16.9 Å². The number of fused-ring (bicyclic) bond motifs is 2. The van der Waals surface area contributed by atoms with Gasteiger partial charge in [-0.15, -0.1) is 0 Å². The molecule has 17 heteroatoms. The number of hydrogen-bond donors (Lipinski definition) is 5. The van der Waals surface area contributed by atoms with E-state index in [4.69, 9.17) is 17.2 Å². The molecule has 0 saturated carbocycles. The van der Waals surface area contributed by atoms with Gasteiger partial charge in [-0.05, 0) is 80.5 Å². The highest BCUT2D eigenvalue weighted by atomic mass is 16.2. The zero-order chi connectivity index (χ0) is 37.5. The van der Waals surface area contributed by atoms with Crippen molar-refractivity contribution in [3.05, 3.63) is 97.1 Å². The first-order valence-corrected chi connectivity index (χ1v) is 15.9. The molecule has 6 heterocycles. The number of rotatable bonds is 3. The maximum absolute atomic E-state index is 11.4. The number of nitrogens with zero attached hydrogens (tertiary/aromatic N) is 8. The van der Waals surface area contributed by atoms with E-state index >= 15 is 0 Å². The number of nitrogens with one attached hydrogen (secondary N) is 2. The topological polar surface area (TPSA) is 249 Å². The standard InChI is InChI=1S/C10H14N4.C9H12N4O.C7H11N3O.C7H10N2O2.2CH4/c1-10(2,3)14-5-4-7-8(11)12-6-13-9(7)14;1-5(2)13-4-3-6-7(13)11-9(10)12-8(6)14;1-5(2)10-4-3-6(8)9-7(10)11;1-5(2)9-4-3-6(10)8-7(9)11;;/h4-6H,1-3H3,(H2,11,12,13);3-5H,1-2H3,(H3,10,11,12,14);3-5H,1-2H3,(H2,8,9,11);3-5H,1-2H3,(H,8,10,11);2*1H4. The quantitative estimate of drug-likeness (QED) is 0.171. The van der Waals surface area contributed by atoms with E-state index < -0.39 is 0 Å². The molecule has 0 aromatic carbocycles. The van der Waals surface area contributed by atoms with Gasteiger partial charge in [0, 0.05) is 54.5 Å². The van der Waals surface area contributed by atoms with E-state index in [0.717, 1.165) is 11.0 Å². The lowest BCUT2D eigenvalue weighted by molar-refractivity contribution is 0.408. The number of anilines is 3. The molecule has 52 heavy (non-hydrogen) atoms. The van der Waals surface area contributed by atoms with E-state index in [1.807, 2.05) is 64.6 Å². The van der Waals surface area contributed by atoms with Gasteiger partial charge in [0.05, 0.1) is 10.8 Å². The Morgan fingerprint density at radius 3 is 1.75 bits per heavy atom. The summed E-state index contributed by atoms with van der Waals surface area (Å²) < 4.78 is 7.00. The van der Waals surface area contributed by atoms with Crippen LogP contribution >= 0.6 is 0 Å². The molecule has 0 bridgehead atoms. The van der Waals surface area contributed by atoms with Gasteiger partial charge in [0.15, 0.2) is 0 Å². The van der Waals surface area contributed by atoms with Crippen LogP contribution in [-0.4, -0.2) is 48.2 Å². The summed E-state index contributed by atoms with van der Waals surface area (Å²) in [5, 5.41) is 1.50. The van der Waals surface area contributed by atoms with Gasteiger partial charge in [0.1, 0.15) is 29.3 Å². The molecule has 0 aliphatic rings. The number of hydrogen-bond acceptors (Lipinski definition) is 11. The molecule has 6 rings (SSSR count). The molecule has 0 atom stereocenters. The first kappa shape index (κ1) is 44.0. The SMILES string of the molecule is C.C.CC(C)(C)n1ccc2c(N)ncnc21.CC(C)n1ccc(=O)[nH]c1=O.CC(C)n1ccc(N)nc1=O.CC(C)n1ccc2c(=O)[nH]c(N)nc21. The van der Waals surface area contributed by atoms with Crippen molar-refractivity contribution >= 4 is 39.7 Å². The van der Waals surface area contributed by atoms with Crippen LogP contribution < -0.4 is 39.7 Å². The first-order chi connectivity index (χ1) is 23.3. The smallest absolute Gasteiger partial charge is 0.349 e. The Morgan fingerprint density at radius 1 is 0.654 bits per heavy atom. The minimum atomic E-state index is -0.355. The summed E-state index contributed by atoms with van der Waals surface area (Å²) >= 11 is 0. The highest BCUT2D eigenvalue weighted by Crippen LogP contribution is 2.24. The molecule has 284 valence electrons. The van der Waals surface area contributed by atoms with Crippen LogP contribution in [0.25, 0.3) is 22.1 Å². The number of nitrogen functional groups attached to an aromatic ring is 3. The summed E-state index contributed by atoms with van der Waals surface area (Å²) in [6, 6.07) is 7.13. The van der Waals surface area contributed by atoms with Crippen LogP contribution in [0.5, 0.6) is 0 Å². The third-order valence-corrected chi connectivity index (χ3v) is 7.21. The third-order valence-electron chi connectivity index (χ3n) is 7.21. The molecule has 0 spiro atoms. The Morgan fingerprint density at radius 2 is 1.21 bits per heavy atom. The van der Waals surface area contributed by atoms with Gasteiger partial charge >= 0.3 is 11.4 Å².